The highest BCUT2D eigenvalue weighted by molar-refractivity contribution is 7.51. The van der Waals surface area contributed by atoms with E-state index in [1.807, 2.05) is 0 Å². The average Bonchev–Trinajstić information content (AvgIpc) is 2.73. The topological polar surface area (TPSA) is 66.8 Å². The first-order valence-corrected chi connectivity index (χ1v) is 14.7. The highest BCUT2D eigenvalue weighted by Crippen LogP contribution is 2.61. The van der Waals surface area contributed by atoms with Crippen LogP contribution >= 0.6 is 7.60 Å². The molecule has 1 aromatic carbocycles. The van der Waals surface area contributed by atoms with E-state index in [1.165, 1.54) is 19.3 Å². The molecule has 186 valence electrons. The fourth-order valence-electron chi connectivity index (χ4n) is 7.16. The van der Waals surface area contributed by atoms with Crippen LogP contribution < -0.4 is 4.74 Å². The van der Waals surface area contributed by atoms with Crippen LogP contribution in [0.25, 0.3) is 0 Å². The molecular weight excluding hydrogens is 445 g/mol. The molecule has 1 aromatic rings. The molecule has 0 aliphatic heterocycles. The van der Waals surface area contributed by atoms with Crippen LogP contribution in [0.3, 0.4) is 0 Å². The van der Waals surface area contributed by atoms with E-state index in [-0.39, 0.29) is 17.3 Å². The molecular formula is C26H39F2O4P. The van der Waals surface area contributed by atoms with Gasteiger partial charge in [-0.2, -0.15) is 4.39 Å². The van der Waals surface area contributed by atoms with Crippen LogP contribution in [-0.2, 0) is 9.98 Å². The van der Waals surface area contributed by atoms with Crippen molar-refractivity contribution in [2.75, 3.05) is 12.8 Å². The molecule has 0 unspecified atom stereocenters. The van der Waals surface area contributed by atoms with Crippen molar-refractivity contribution < 1.29 is 27.9 Å². The molecule has 0 aromatic heterocycles. The first-order valence-electron chi connectivity index (χ1n) is 12.9. The number of benzene rings is 1. The molecule has 4 fully saturated rings. The van der Waals surface area contributed by atoms with Gasteiger partial charge in [0.15, 0.2) is 11.6 Å². The monoisotopic (exact) mass is 484 g/mol. The van der Waals surface area contributed by atoms with Gasteiger partial charge < -0.3 is 14.5 Å². The molecule has 33 heavy (non-hydrogen) atoms. The van der Waals surface area contributed by atoms with Gasteiger partial charge in [-0.3, -0.25) is 4.57 Å². The van der Waals surface area contributed by atoms with Gasteiger partial charge in [0.1, 0.15) is 0 Å². The summed E-state index contributed by atoms with van der Waals surface area (Å²) >= 11 is 0. The first kappa shape index (κ1) is 25.1. The fraction of sp³-hybridized carbons (Fsp3) is 0.769. The van der Waals surface area contributed by atoms with Crippen LogP contribution in [0.5, 0.6) is 5.75 Å². The molecule has 2 N–H and O–H groups in total. The SMILES string of the molecule is O=P(O)(O)CCCCCCCCCCOc1ccc(C23CC4CC(CC(C4)C2)C3)c(F)c1F. The third-order valence-corrected chi connectivity index (χ3v) is 9.16. The lowest BCUT2D eigenvalue weighted by atomic mass is 9.48. The number of rotatable bonds is 13. The highest BCUT2D eigenvalue weighted by Gasteiger charge is 2.52. The van der Waals surface area contributed by atoms with Crippen molar-refractivity contribution in [3.05, 3.63) is 29.3 Å². The maximum Gasteiger partial charge on any atom is 0.325 e. The van der Waals surface area contributed by atoms with Crippen LogP contribution in [0.1, 0.15) is 95.5 Å². The molecule has 4 bridgehead atoms. The second-order valence-corrected chi connectivity index (χ2v) is 12.8. The van der Waals surface area contributed by atoms with Gasteiger partial charge in [-0.25, -0.2) is 4.39 Å². The summed E-state index contributed by atoms with van der Waals surface area (Å²) in [6.07, 6.45) is 14.2. The molecule has 4 aliphatic rings. The van der Waals surface area contributed by atoms with Crippen molar-refractivity contribution in [2.45, 2.75) is 95.3 Å². The van der Waals surface area contributed by atoms with Gasteiger partial charge >= 0.3 is 7.60 Å². The van der Waals surface area contributed by atoms with E-state index >= 15 is 4.39 Å². The van der Waals surface area contributed by atoms with Crippen molar-refractivity contribution in [1.82, 2.24) is 0 Å². The summed E-state index contributed by atoms with van der Waals surface area (Å²) in [5, 5.41) is 0. The van der Waals surface area contributed by atoms with E-state index in [1.54, 1.807) is 12.1 Å². The lowest BCUT2D eigenvalue weighted by Crippen LogP contribution is -2.49. The van der Waals surface area contributed by atoms with Crippen molar-refractivity contribution in [2.24, 2.45) is 17.8 Å². The van der Waals surface area contributed by atoms with Crippen LogP contribution in [0.2, 0.25) is 0 Å². The van der Waals surface area contributed by atoms with Crippen molar-refractivity contribution in [3.8, 4) is 5.75 Å². The molecule has 0 saturated heterocycles. The number of halogens is 2. The summed E-state index contributed by atoms with van der Waals surface area (Å²) in [5.74, 6) is 0.593. The van der Waals surface area contributed by atoms with Crippen molar-refractivity contribution in [1.29, 1.82) is 0 Å². The summed E-state index contributed by atoms with van der Waals surface area (Å²) in [5.41, 5.74) is 0.431. The standard InChI is InChI=1S/C26H39F2O4P/c27-24-22(26-16-19-13-20(17-26)15-21(14-19)18-26)9-10-23(25(24)28)32-11-7-5-3-1-2-4-6-8-12-33(29,30)31/h9-10,19-21H,1-8,11-18H2,(H2,29,30,31). The molecule has 0 heterocycles. The Morgan fingerprint density at radius 1 is 0.818 bits per heavy atom. The molecule has 7 heteroatoms. The summed E-state index contributed by atoms with van der Waals surface area (Å²) in [4.78, 5) is 17.7. The van der Waals surface area contributed by atoms with Gasteiger partial charge in [0.25, 0.3) is 0 Å². The second kappa shape index (κ2) is 10.7. The molecule has 0 atom stereocenters. The third kappa shape index (κ3) is 6.38. The van der Waals surface area contributed by atoms with Crippen LogP contribution in [0, 0.1) is 29.4 Å². The number of ether oxygens (including phenoxy) is 1. The Bertz CT molecular complexity index is 818. The maximum absolute atomic E-state index is 15.1. The third-order valence-electron chi connectivity index (χ3n) is 8.26. The zero-order chi connectivity index (χ0) is 23.5. The Labute approximate surface area is 196 Å². The minimum Gasteiger partial charge on any atom is -0.490 e. The van der Waals surface area contributed by atoms with E-state index in [0.29, 0.717) is 36.3 Å². The molecule has 0 amide bonds. The highest BCUT2D eigenvalue weighted by atomic mass is 31.2. The Hall–Kier alpha value is -0.970. The van der Waals surface area contributed by atoms with E-state index in [2.05, 4.69) is 0 Å². The maximum atomic E-state index is 15.1. The van der Waals surface area contributed by atoms with Crippen molar-refractivity contribution >= 4 is 7.60 Å². The number of hydrogen-bond donors (Lipinski definition) is 2. The Morgan fingerprint density at radius 3 is 1.88 bits per heavy atom. The predicted molar refractivity (Wildman–Crippen MR) is 126 cm³/mol. The molecule has 4 aliphatic carbocycles. The lowest BCUT2D eigenvalue weighted by molar-refractivity contribution is -0.00708. The average molecular weight is 485 g/mol. The largest absolute Gasteiger partial charge is 0.490 e. The Balaban J connectivity index is 1.16. The second-order valence-electron chi connectivity index (χ2n) is 11.0. The van der Waals surface area contributed by atoms with Gasteiger partial charge in [-0.1, -0.05) is 44.6 Å². The normalized spacial score (nSPS) is 28.4. The van der Waals surface area contributed by atoms with Crippen molar-refractivity contribution in [3.63, 3.8) is 0 Å². The van der Waals surface area contributed by atoms with E-state index in [0.717, 1.165) is 64.2 Å². The predicted octanol–water partition coefficient (Wildman–Crippen LogP) is 7.11. The molecule has 4 nitrogen and oxygen atoms in total. The zero-order valence-corrected chi connectivity index (χ0v) is 20.5. The van der Waals surface area contributed by atoms with Gasteiger partial charge in [0.05, 0.1) is 6.61 Å². The Kier molecular flexibility index (Phi) is 8.18. The fourth-order valence-corrected chi connectivity index (χ4v) is 7.79. The number of hydrogen-bond acceptors (Lipinski definition) is 2. The quantitative estimate of drug-likeness (QED) is 0.231. The minimum atomic E-state index is -3.85. The zero-order valence-electron chi connectivity index (χ0n) is 19.6. The summed E-state index contributed by atoms with van der Waals surface area (Å²) in [7, 11) is -3.85. The number of unbranched alkanes of at least 4 members (excludes halogenated alkanes) is 7. The summed E-state index contributed by atoms with van der Waals surface area (Å²) < 4.78 is 46.4. The van der Waals surface area contributed by atoms with Crippen LogP contribution in [-0.4, -0.2) is 22.6 Å². The van der Waals surface area contributed by atoms with E-state index in [4.69, 9.17) is 14.5 Å². The first-order chi connectivity index (χ1) is 15.8. The molecule has 0 radical (unpaired) electrons. The lowest BCUT2D eigenvalue weighted by Gasteiger charge is -2.57. The molecule has 0 spiro atoms. The van der Waals surface area contributed by atoms with Gasteiger partial charge in [0.2, 0.25) is 5.82 Å². The van der Waals surface area contributed by atoms with Gasteiger partial charge in [-0.15, -0.1) is 0 Å². The summed E-state index contributed by atoms with van der Waals surface area (Å²) in [6.45, 7) is 0.384. The molecule has 5 rings (SSSR count). The Morgan fingerprint density at radius 2 is 1.33 bits per heavy atom. The van der Waals surface area contributed by atoms with E-state index in [9.17, 15) is 8.96 Å². The van der Waals surface area contributed by atoms with E-state index < -0.39 is 19.2 Å². The smallest absolute Gasteiger partial charge is 0.325 e. The summed E-state index contributed by atoms with van der Waals surface area (Å²) in [6, 6.07) is 3.44. The van der Waals surface area contributed by atoms with Gasteiger partial charge in [0, 0.05) is 6.16 Å². The minimum absolute atomic E-state index is 0.0228. The molecule has 4 saturated carbocycles. The van der Waals surface area contributed by atoms with Crippen LogP contribution in [0.15, 0.2) is 12.1 Å². The van der Waals surface area contributed by atoms with Gasteiger partial charge in [-0.05, 0) is 86.2 Å². The van der Waals surface area contributed by atoms with Crippen LogP contribution in [0.4, 0.5) is 8.78 Å².